The lowest BCUT2D eigenvalue weighted by Crippen LogP contribution is -2.57. The zero-order valence-electron chi connectivity index (χ0n) is 10.4. The van der Waals surface area contributed by atoms with Gasteiger partial charge in [-0.05, 0) is 6.42 Å². The van der Waals surface area contributed by atoms with Gasteiger partial charge < -0.3 is 14.2 Å². The Morgan fingerprint density at radius 2 is 1.68 bits per heavy atom. The molecule has 2 aliphatic carbocycles. The molecule has 2 rings (SSSR count). The lowest BCUT2D eigenvalue weighted by atomic mass is 9.91. The van der Waals surface area contributed by atoms with Crippen LogP contribution in [0.25, 0.3) is 0 Å². The van der Waals surface area contributed by atoms with Gasteiger partial charge in [0.15, 0.2) is 4.87 Å². The molecule has 0 amide bonds. The molecule has 0 N–H and O–H groups in total. The molecule has 0 radical (unpaired) electrons. The van der Waals surface area contributed by atoms with Crippen molar-refractivity contribution in [1.29, 1.82) is 0 Å². The molecule has 108 valence electrons. The van der Waals surface area contributed by atoms with E-state index in [9.17, 15) is 4.79 Å². The van der Waals surface area contributed by atoms with Crippen molar-refractivity contribution >= 4 is 52.4 Å². The predicted molar refractivity (Wildman–Crippen MR) is 72.8 cm³/mol. The van der Waals surface area contributed by atoms with E-state index in [4.69, 9.17) is 60.6 Å². The molecule has 0 aliphatic heterocycles. The molecule has 1 fully saturated rings. The molecule has 0 unspecified atom stereocenters. The first-order chi connectivity index (χ1) is 8.76. The predicted octanol–water partition coefficient (Wildman–Crippen LogP) is 2.83. The lowest BCUT2D eigenvalue weighted by Gasteiger charge is -2.40. The van der Waals surface area contributed by atoms with Crippen LogP contribution in [0, 0.1) is 5.92 Å². The van der Waals surface area contributed by atoms with Crippen molar-refractivity contribution in [3.8, 4) is 0 Å². The van der Waals surface area contributed by atoms with E-state index in [0.717, 1.165) is 0 Å². The highest BCUT2D eigenvalue weighted by atomic mass is 35.5. The minimum Gasteiger partial charge on any atom is -0.469 e. The number of fused-ring (bicyclic) bond motifs is 2. The summed E-state index contributed by atoms with van der Waals surface area (Å²) in [5.41, 5.74) is 0. The number of esters is 1. The zero-order chi connectivity index (χ0) is 14.6. The van der Waals surface area contributed by atoms with E-state index in [2.05, 4.69) is 0 Å². The molecule has 8 heteroatoms. The molecule has 3 atom stereocenters. The first-order valence-electron chi connectivity index (χ1n) is 5.39. The number of hydrogen-bond acceptors (Lipinski definition) is 4. The van der Waals surface area contributed by atoms with Crippen molar-refractivity contribution in [2.45, 2.75) is 22.0 Å². The Bertz CT molecular complexity index is 462. The molecular weight excluding hydrogens is 338 g/mol. The fourth-order valence-corrected chi connectivity index (χ4v) is 5.07. The Kier molecular flexibility index (Phi) is 3.84. The van der Waals surface area contributed by atoms with Crippen LogP contribution in [-0.4, -0.2) is 42.8 Å². The number of rotatable bonds is 3. The Hall–Kier alpha value is 0.290. The minimum absolute atomic E-state index is 0.0520. The van der Waals surface area contributed by atoms with E-state index < -0.39 is 27.4 Å². The minimum atomic E-state index is -1.53. The average molecular weight is 350 g/mol. The maximum Gasteiger partial charge on any atom is 0.311 e. The molecular formula is C11H12Cl4O4. The van der Waals surface area contributed by atoms with Gasteiger partial charge in [-0.25, -0.2) is 0 Å². The lowest BCUT2D eigenvalue weighted by molar-refractivity contribution is -0.219. The van der Waals surface area contributed by atoms with Crippen LogP contribution >= 0.6 is 46.4 Å². The highest BCUT2D eigenvalue weighted by Gasteiger charge is 2.82. The summed E-state index contributed by atoms with van der Waals surface area (Å²) >= 11 is 25.5. The Labute approximate surface area is 130 Å². The largest absolute Gasteiger partial charge is 0.469 e. The molecule has 0 aromatic rings. The summed E-state index contributed by atoms with van der Waals surface area (Å²) in [6.07, 6.45) is 0.113. The van der Waals surface area contributed by atoms with Crippen molar-refractivity contribution in [2.24, 2.45) is 5.92 Å². The van der Waals surface area contributed by atoms with Crippen LogP contribution in [0.4, 0.5) is 0 Å². The highest BCUT2D eigenvalue weighted by molar-refractivity contribution is 6.52. The maximum absolute atomic E-state index is 11.9. The van der Waals surface area contributed by atoms with Crippen LogP contribution in [0.5, 0.6) is 0 Å². The van der Waals surface area contributed by atoms with E-state index >= 15 is 0 Å². The zero-order valence-corrected chi connectivity index (χ0v) is 13.5. The molecule has 0 spiro atoms. The van der Waals surface area contributed by atoms with Gasteiger partial charge in [0.2, 0.25) is 5.79 Å². The second kappa shape index (κ2) is 4.65. The van der Waals surface area contributed by atoms with E-state index in [1.165, 1.54) is 21.3 Å². The van der Waals surface area contributed by atoms with Gasteiger partial charge in [0.1, 0.15) is 4.87 Å². The van der Waals surface area contributed by atoms with Crippen molar-refractivity contribution in [1.82, 2.24) is 0 Å². The van der Waals surface area contributed by atoms with Crippen molar-refractivity contribution in [3.63, 3.8) is 0 Å². The highest BCUT2D eigenvalue weighted by Crippen LogP contribution is 2.71. The number of halogens is 4. The van der Waals surface area contributed by atoms with Gasteiger partial charge in [0.25, 0.3) is 0 Å². The Morgan fingerprint density at radius 3 is 2.05 bits per heavy atom. The molecule has 0 aromatic carbocycles. The first kappa shape index (κ1) is 15.7. The van der Waals surface area contributed by atoms with Gasteiger partial charge in [-0.3, -0.25) is 4.79 Å². The van der Waals surface area contributed by atoms with Gasteiger partial charge in [-0.15, -0.1) is 23.2 Å². The van der Waals surface area contributed by atoms with Crippen LogP contribution in [0.1, 0.15) is 6.42 Å². The molecule has 2 bridgehead atoms. The number of carbonyl (C=O) groups excluding carboxylic acids is 1. The van der Waals surface area contributed by atoms with E-state index in [1.54, 1.807) is 0 Å². The number of ether oxygens (including phenoxy) is 3. The third kappa shape index (κ3) is 1.48. The summed E-state index contributed by atoms with van der Waals surface area (Å²) in [6, 6.07) is 0. The Morgan fingerprint density at radius 1 is 1.16 bits per heavy atom. The molecule has 1 saturated carbocycles. The van der Waals surface area contributed by atoms with Crippen molar-refractivity contribution < 1.29 is 19.0 Å². The molecule has 2 aliphatic rings. The third-order valence-electron chi connectivity index (χ3n) is 3.89. The molecule has 0 heterocycles. The van der Waals surface area contributed by atoms with E-state index in [1.807, 2.05) is 0 Å². The number of methoxy groups -OCH3 is 3. The molecule has 4 nitrogen and oxygen atoms in total. The van der Waals surface area contributed by atoms with Crippen LogP contribution in [0.2, 0.25) is 0 Å². The normalized spacial score (nSPS) is 39.8. The van der Waals surface area contributed by atoms with Crippen LogP contribution in [-0.2, 0) is 19.0 Å². The summed E-state index contributed by atoms with van der Waals surface area (Å²) in [5, 5.41) is 0.186. The second-order valence-corrected chi connectivity index (χ2v) is 6.44. The fourth-order valence-electron chi connectivity index (χ4n) is 3.03. The van der Waals surface area contributed by atoms with Crippen LogP contribution in [0.3, 0.4) is 0 Å². The number of hydrogen-bond donors (Lipinski definition) is 0. The van der Waals surface area contributed by atoms with E-state index in [0.29, 0.717) is 0 Å². The fraction of sp³-hybridized carbons (Fsp3) is 0.727. The first-order valence-corrected chi connectivity index (χ1v) is 6.90. The molecule has 0 aromatic heterocycles. The third-order valence-corrected chi connectivity index (χ3v) is 6.47. The topological polar surface area (TPSA) is 44.8 Å². The van der Waals surface area contributed by atoms with Gasteiger partial charge >= 0.3 is 5.97 Å². The van der Waals surface area contributed by atoms with E-state index in [-0.39, 0.29) is 16.5 Å². The molecule has 0 saturated heterocycles. The quantitative estimate of drug-likeness (QED) is 0.446. The smallest absolute Gasteiger partial charge is 0.311 e. The number of alkyl halides is 2. The average Bonchev–Trinajstić information content (AvgIpc) is 2.69. The molecule has 19 heavy (non-hydrogen) atoms. The van der Waals surface area contributed by atoms with Crippen molar-refractivity contribution in [2.75, 3.05) is 21.3 Å². The summed E-state index contributed by atoms with van der Waals surface area (Å²) in [7, 11) is 4.00. The van der Waals surface area contributed by atoms with Gasteiger partial charge in [0.05, 0.1) is 23.1 Å². The summed E-state index contributed by atoms with van der Waals surface area (Å²) < 4.78 is 15.5. The summed E-state index contributed by atoms with van der Waals surface area (Å²) in [6.45, 7) is 0. The van der Waals surface area contributed by atoms with Gasteiger partial charge in [-0.1, -0.05) is 23.2 Å². The maximum atomic E-state index is 11.9. The number of carbonyl (C=O) groups is 1. The summed E-state index contributed by atoms with van der Waals surface area (Å²) in [4.78, 5) is 9.09. The second-order valence-electron chi connectivity index (χ2n) is 4.45. The summed E-state index contributed by atoms with van der Waals surface area (Å²) in [5.74, 6) is -2.89. The van der Waals surface area contributed by atoms with Crippen LogP contribution < -0.4 is 0 Å². The Balaban J connectivity index is 2.68. The van der Waals surface area contributed by atoms with Gasteiger partial charge in [-0.2, -0.15) is 0 Å². The monoisotopic (exact) mass is 348 g/mol. The van der Waals surface area contributed by atoms with Crippen molar-refractivity contribution in [3.05, 3.63) is 10.1 Å². The SMILES string of the molecule is COC(=O)[C@@H]1C[C@@]2(Cl)C(Cl)=C(Cl)[C@]1(Cl)C2(OC)OC. The van der Waals surface area contributed by atoms with Gasteiger partial charge in [0, 0.05) is 14.2 Å². The van der Waals surface area contributed by atoms with Crippen LogP contribution in [0.15, 0.2) is 10.1 Å². The standard InChI is InChI=1S/C11H12Cl4O4/c1-17-8(16)5-4-9(14)6(12)7(13)10(5,15)11(9,18-2)19-3/h5H,4H2,1-3H3/t5-,9+,10-/m0/s1.